The van der Waals surface area contributed by atoms with Crippen molar-refractivity contribution in [1.29, 1.82) is 0 Å². The zero-order valence-electron chi connectivity index (χ0n) is 23.2. The second-order valence-electron chi connectivity index (χ2n) is 10.8. The molecule has 6 rings (SSSR count). The first-order valence-electron chi connectivity index (χ1n) is 14.5. The molecule has 41 heavy (non-hydrogen) atoms. The number of ether oxygens (including phenoxy) is 1. The van der Waals surface area contributed by atoms with E-state index in [0.29, 0.717) is 19.8 Å². The van der Waals surface area contributed by atoms with E-state index < -0.39 is 6.04 Å². The fourth-order valence-electron chi connectivity index (χ4n) is 5.84. The van der Waals surface area contributed by atoms with Crippen molar-refractivity contribution in [1.82, 2.24) is 25.2 Å². The molecule has 2 aliphatic rings. The van der Waals surface area contributed by atoms with Crippen LogP contribution in [0.2, 0.25) is 0 Å². The number of aromatic nitrogens is 3. The van der Waals surface area contributed by atoms with E-state index in [4.69, 9.17) is 4.74 Å². The monoisotopic (exact) mass is 572 g/mol. The minimum Gasteiger partial charge on any atom is -0.378 e. The minimum absolute atomic E-state index is 0.00897. The molecule has 1 atom stereocenters. The molecule has 10 heteroatoms. The van der Waals surface area contributed by atoms with Crippen LogP contribution in [0.4, 0.5) is 5.69 Å². The number of hydrogen-bond acceptors (Lipinski definition) is 7. The third-order valence-electron chi connectivity index (χ3n) is 8.03. The SMILES string of the molecule is O=C(NC1CCCCC1)C(c1ccc(N2CCOCC2)cc1)N(Cc1cccs1)C(=O)Cn1nnc2ccccc21. The highest BCUT2D eigenvalue weighted by Crippen LogP contribution is 2.29. The molecule has 1 saturated heterocycles. The molecule has 1 unspecified atom stereocenters. The molecule has 0 radical (unpaired) electrons. The number of rotatable bonds is 9. The minimum atomic E-state index is -0.778. The first kappa shape index (κ1) is 27.4. The molecular weight excluding hydrogens is 536 g/mol. The predicted molar refractivity (Wildman–Crippen MR) is 160 cm³/mol. The number of carbonyl (C=O) groups is 2. The highest BCUT2D eigenvalue weighted by Gasteiger charge is 2.34. The van der Waals surface area contributed by atoms with Gasteiger partial charge in [-0.1, -0.05) is 54.8 Å². The summed E-state index contributed by atoms with van der Waals surface area (Å²) in [6.07, 6.45) is 5.37. The fourth-order valence-corrected chi connectivity index (χ4v) is 6.54. The Hall–Kier alpha value is -3.76. The van der Waals surface area contributed by atoms with Crippen LogP contribution in [0.1, 0.15) is 48.6 Å². The second-order valence-corrected chi connectivity index (χ2v) is 11.8. The molecule has 4 aromatic rings. The standard InChI is InChI=1S/C31H36N6O3S/c38-29(22-37-28-11-5-4-10-27(28)33-34-37)36(21-26-9-6-20-41-26)30(31(39)32-24-7-2-1-3-8-24)23-12-14-25(15-13-23)35-16-18-40-19-17-35/h4-6,9-15,20,24,30H,1-3,7-8,16-19,21-22H2,(H,32,39). The number of nitrogens with zero attached hydrogens (tertiary/aromatic N) is 5. The molecule has 1 aliphatic carbocycles. The van der Waals surface area contributed by atoms with Crippen LogP contribution in [0.3, 0.4) is 0 Å². The van der Waals surface area contributed by atoms with Crippen LogP contribution in [0.15, 0.2) is 66.0 Å². The summed E-state index contributed by atoms with van der Waals surface area (Å²) in [4.78, 5) is 33.3. The van der Waals surface area contributed by atoms with Gasteiger partial charge in [0.1, 0.15) is 18.1 Å². The van der Waals surface area contributed by atoms with E-state index in [0.717, 1.165) is 65.9 Å². The van der Waals surface area contributed by atoms with Crippen LogP contribution < -0.4 is 10.2 Å². The number of amides is 2. The van der Waals surface area contributed by atoms with Crippen LogP contribution in [0, 0.1) is 0 Å². The summed E-state index contributed by atoms with van der Waals surface area (Å²) >= 11 is 1.58. The van der Waals surface area contributed by atoms with Gasteiger partial charge in [-0.25, -0.2) is 4.68 Å². The van der Waals surface area contributed by atoms with E-state index >= 15 is 0 Å². The largest absolute Gasteiger partial charge is 0.378 e. The van der Waals surface area contributed by atoms with Gasteiger partial charge in [-0.15, -0.1) is 16.4 Å². The molecule has 9 nitrogen and oxygen atoms in total. The van der Waals surface area contributed by atoms with Crippen molar-refractivity contribution >= 4 is 39.9 Å². The number of carbonyl (C=O) groups excluding carboxylic acids is 2. The van der Waals surface area contributed by atoms with Gasteiger partial charge < -0.3 is 19.9 Å². The van der Waals surface area contributed by atoms with Crippen molar-refractivity contribution in [2.24, 2.45) is 0 Å². The van der Waals surface area contributed by atoms with Crippen molar-refractivity contribution in [3.8, 4) is 0 Å². The van der Waals surface area contributed by atoms with E-state index in [1.807, 2.05) is 53.9 Å². The number of hydrogen-bond donors (Lipinski definition) is 1. The molecule has 214 valence electrons. The lowest BCUT2D eigenvalue weighted by atomic mass is 9.94. The third kappa shape index (κ3) is 6.44. The highest BCUT2D eigenvalue weighted by atomic mass is 32.1. The molecule has 1 aliphatic heterocycles. The highest BCUT2D eigenvalue weighted by molar-refractivity contribution is 7.09. The number of nitrogens with one attached hydrogen (secondary N) is 1. The number of morpholine rings is 1. The van der Waals surface area contributed by atoms with Gasteiger partial charge in [0.05, 0.1) is 25.3 Å². The van der Waals surface area contributed by atoms with Crippen molar-refractivity contribution in [2.75, 3.05) is 31.2 Å². The molecule has 1 saturated carbocycles. The Bertz CT molecular complexity index is 1440. The van der Waals surface area contributed by atoms with Crippen molar-refractivity contribution in [3.63, 3.8) is 0 Å². The summed E-state index contributed by atoms with van der Waals surface area (Å²) in [7, 11) is 0. The van der Waals surface area contributed by atoms with Crippen LogP contribution in [0.5, 0.6) is 0 Å². The molecule has 2 aromatic carbocycles. The van der Waals surface area contributed by atoms with Crippen molar-refractivity contribution in [3.05, 3.63) is 76.5 Å². The Labute approximate surface area is 244 Å². The van der Waals surface area contributed by atoms with Crippen LogP contribution >= 0.6 is 11.3 Å². The molecular formula is C31H36N6O3S. The van der Waals surface area contributed by atoms with Gasteiger partial charge in [-0.05, 0) is 54.1 Å². The average Bonchev–Trinajstić information content (AvgIpc) is 3.68. The van der Waals surface area contributed by atoms with Crippen LogP contribution in [-0.4, -0.2) is 64.1 Å². The zero-order chi connectivity index (χ0) is 28.0. The number of anilines is 1. The summed E-state index contributed by atoms with van der Waals surface area (Å²) < 4.78 is 7.14. The van der Waals surface area contributed by atoms with Gasteiger partial charge in [0.15, 0.2) is 0 Å². The van der Waals surface area contributed by atoms with Crippen molar-refractivity contribution in [2.45, 2.75) is 57.3 Å². The lowest BCUT2D eigenvalue weighted by molar-refractivity contribution is -0.142. The van der Waals surface area contributed by atoms with Gasteiger partial charge in [0, 0.05) is 29.7 Å². The maximum Gasteiger partial charge on any atom is 0.247 e. The summed E-state index contributed by atoms with van der Waals surface area (Å²) in [6.45, 7) is 3.39. The maximum atomic E-state index is 14.1. The first-order chi connectivity index (χ1) is 20.2. The number of para-hydroxylation sites is 1. The van der Waals surface area contributed by atoms with Gasteiger partial charge in [-0.2, -0.15) is 0 Å². The van der Waals surface area contributed by atoms with Gasteiger partial charge >= 0.3 is 0 Å². The lowest BCUT2D eigenvalue weighted by Crippen LogP contribution is -2.47. The van der Waals surface area contributed by atoms with E-state index in [1.54, 1.807) is 20.9 Å². The summed E-state index contributed by atoms with van der Waals surface area (Å²) in [5, 5.41) is 13.8. The maximum absolute atomic E-state index is 14.1. The molecule has 2 fully saturated rings. The Morgan fingerprint density at radius 3 is 2.54 bits per heavy atom. The average molecular weight is 573 g/mol. The van der Waals surface area contributed by atoms with E-state index in [-0.39, 0.29) is 24.4 Å². The summed E-state index contributed by atoms with van der Waals surface area (Å²) in [5.74, 6) is -0.320. The van der Waals surface area contributed by atoms with Crippen molar-refractivity contribution < 1.29 is 14.3 Å². The third-order valence-corrected chi connectivity index (χ3v) is 8.89. The van der Waals surface area contributed by atoms with Crippen LogP contribution in [0.25, 0.3) is 11.0 Å². The molecule has 2 aromatic heterocycles. The summed E-state index contributed by atoms with van der Waals surface area (Å²) in [5.41, 5.74) is 3.41. The number of fused-ring (bicyclic) bond motifs is 1. The summed E-state index contributed by atoms with van der Waals surface area (Å²) in [6, 6.07) is 19.0. The molecule has 0 bridgehead atoms. The van der Waals surface area contributed by atoms with E-state index in [2.05, 4.69) is 32.7 Å². The predicted octanol–water partition coefficient (Wildman–Crippen LogP) is 4.55. The van der Waals surface area contributed by atoms with E-state index in [9.17, 15) is 9.59 Å². The van der Waals surface area contributed by atoms with E-state index in [1.165, 1.54) is 6.42 Å². The Morgan fingerprint density at radius 1 is 1.00 bits per heavy atom. The van der Waals surface area contributed by atoms with Gasteiger partial charge in [0.25, 0.3) is 0 Å². The molecule has 0 spiro atoms. The second kappa shape index (κ2) is 12.8. The normalized spacial score (nSPS) is 16.9. The topological polar surface area (TPSA) is 92.6 Å². The molecule has 2 amide bonds. The number of thiophene rings is 1. The molecule has 1 N–H and O–H groups in total. The Kier molecular flexibility index (Phi) is 8.57. The lowest BCUT2D eigenvalue weighted by Gasteiger charge is -2.34. The van der Waals surface area contributed by atoms with Gasteiger partial charge in [0.2, 0.25) is 11.8 Å². The molecule has 3 heterocycles. The first-order valence-corrected chi connectivity index (χ1v) is 15.4. The van der Waals surface area contributed by atoms with Gasteiger partial charge in [-0.3, -0.25) is 9.59 Å². The smallest absolute Gasteiger partial charge is 0.247 e. The quantitative estimate of drug-likeness (QED) is 0.317. The Morgan fingerprint density at radius 2 is 1.78 bits per heavy atom. The Balaban J connectivity index is 1.33. The zero-order valence-corrected chi connectivity index (χ0v) is 24.0. The fraction of sp³-hybridized carbons (Fsp3) is 0.419. The number of benzene rings is 2. The van der Waals surface area contributed by atoms with Crippen LogP contribution in [-0.2, 0) is 27.4 Å².